The van der Waals surface area contributed by atoms with Crippen molar-refractivity contribution in [2.75, 3.05) is 6.54 Å². The first-order valence-electron chi connectivity index (χ1n) is 12.7. The summed E-state index contributed by atoms with van der Waals surface area (Å²) < 4.78 is 15.6. The average molecular weight is 537 g/mol. The number of hydrogen-bond acceptors (Lipinski definition) is 3. The van der Waals surface area contributed by atoms with Gasteiger partial charge in [-0.25, -0.2) is 4.39 Å². The van der Waals surface area contributed by atoms with E-state index >= 15 is 0 Å². The Morgan fingerprint density at radius 2 is 1.79 bits per heavy atom. The van der Waals surface area contributed by atoms with E-state index in [9.17, 15) is 14.4 Å². The van der Waals surface area contributed by atoms with E-state index in [1.165, 1.54) is 12.1 Å². The summed E-state index contributed by atoms with van der Waals surface area (Å²) in [6.07, 6.45) is 4.55. The van der Waals surface area contributed by atoms with Gasteiger partial charge in [-0.15, -0.1) is 0 Å². The minimum absolute atomic E-state index is 0.121. The number of nitriles is 1. The molecule has 0 radical (unpaired) electrons. The largest absolute Gasteiger partial charge is 0.356 e. The van der Waals surface area contributed by atoms with E-state index in [1.54, 1.807) is 30.5 Å². The maximum atomic E-state index is 13.5. The zero-order valence-corrected chi connectivity index (χ0v) is 21.9. The molecular formula is C32H26ClFN4O. The molecule has 0 bridgehead atoms. The second-order valence-electron chi connectivity index (χ2n) is 9.35. The van der Waals surface area contributed by atoms with Gasteiger partial charge in [0.1, 0.15) is 11.9 Å². The predicted octanol–water partition coefficient (Wildman–Crippen LogP) is 6.63. The number of para-hydroxylation sites is 1. The van der Waals surface area contributed by atoms with Gasteiger partial charge in [0.05, 0.1) is 10.6 Å². The van der Waals surface area contributed by atoms with Gasteiger partial charge in [0.2, 0.25) is 5.91 Å². The summed E-state index contributed by atoms with van der Waals surface area (Å²) in [5.41, 5.74) is 4.87. The Labute approximate surface area is 231 Å². The van der Waals surface area contributed by atoms with Crippen molar-refractivity contribution in [2.24, 2.45) is 0 Å². The van der Waals surface area contributed by atoms with Crippen LogP contribution in [0.2, 0.25) is 5.02 Å². The van der Waals surface area contributed by atoms with Crippen LogP contribution in [0.1, 0.15) is 40.3 Å². The Hall–Kier alpha value is -4.47. The van der Waals surface area contributed by atoms with E-state index < -0.39 is 0 Å². The zero-order chi connectivity index (χ0) is 27.2. The SMILES string of the molecule is N#Cc1cccc(C(CC(=O)NCCc2ccccn2)c2cn(Cc3ccc(F)cc3)c3ccccc23)c1Cl. The molecule has 3 aromatic carbocycles. The molecule has 1 amide bonds. The lowest BCUT2D eigenvalue weighted by atomic mass is 9.87. The molecule has 2 aromatic heterocycles. The number of hydrogen-bond donors (Lipinski definition) is 1. The number of rotatable bonds is 9. The predicted molar refractivity (Wildman–Crippen MR) is 151 cm³/mol. The summed E-state index contributed by atoms with van der Waals surface area (Å²) in [5.74, 6) is -0.789. The van der Waals surface area contributed by atoms with Gasteiger partial charge in [-0.3, -0.25) is 9.78 Å². The molecule has 5 rings (SSSR count). The molecule has 1 N–H and O–H groups in total. The van der Waals surface area contributed by atoms with E-state index in [2.05, 4.69) is 20.9 Å². The quantitative estimate of drug-likeness (QED) is 0.230. The summed E-state index contributed by atoms with van der Waals surface area (Å²) >= 11 is 6.72. The summed E-state index contributed by atoms with van der Waals surface area (Å²) in [6, 6.07) is 27.6. The van der Waals surface area contributed by atoms with Crippen LogP contribution >= 0.6 is 11.6 Å². The number of fused-ring (bicyclic) bond motifs is 1. The molecule has 0 aliphatic carbocycles. The number of amides is 1. The third-order valence-electron chi connectivity index (χ3n) is 6.80. The van der Waals surface area contributed by atoms with E-state index in [0.29, 0.717) is 30.1 Å². The first-order chi connectivity index (χ1) is 19.0. The fourth-order valence-corrected chi connectivity index (χ4v) is 5.20. The lowest BCUT2D eigenvalue weighted by Gasteiger charge is -2.19. The molecule has 0 saturated heterocycles. The molecule has 1 unspecified atom stereocenters. The highest BCUT2D eigenvalue weighted by molar-refractivity contribution is 6.32. The van der Waals surface area contributed by atoms with Crippen LogP contribution < -0.4 is 5.32 Å². The van der Waals surface area contributed by atoms with Crippen LogP contribution in [0.3, 0.4) is 0 Å². The number of carbonyl (C=O) groups is 1. The number of carbonyl (C=O) groups excluding carboxylic acids is 1. The van der Waals surface area contributed by atoms with Crippen molar-refractivity contribution in [3.8, 4) is 6.07 Å². The van der Waals surface area contributed by atoms with E-state index in [4.69, 9.17) is 11.6 Å². The molecule has 2 heterocycles. The molecule has 0 aliphatic rings. The Balaban J connectivity index is 1.50. The van der Waals surface area contributed by atoms with Crippen LogP contribution in [0.15, 0.2) is 97.3 Å². The normalized spacial score (nSPS) is 11.7. The van der Waals surface area contributed by atoms with E-state index in [-0.39, 0.29) is 24.1 Å². The van der Waals surface area contributed by atoms with E-state index in [0.717, 1.165) is 33.3 Å². The minimum Gasteiger partial charge on any atom is -0.356 e. The molecule has 0 spiro atoms. The van der Waals surface area contributed by atoms with Crippen molar-refractivity contribution in [3.05, 3.63) is 136 Å². The van der Waals surface area contributed by atoms with Crippen LogP contribution in [0.25, 0.3) is 10.9 Å². The molecule has 5 nitrogen and oxygen atoms in total. The number of aromatic nitrogens is 2. The van der Waals surface area contributed by atoms with Crippen molar-refractivity contribution >= 4 is 28.4 Å². The number of benzene rings is 3. The Morgan fingerprint density at radius 1 is 1.00 bits per heavy atom. The number of nitrogens with one attached hydrogen (secondary N) is 1. The summed E-state index contributed by atoms with van der Waals surface area (Å²) in [5, 5.41) is 14.0. The molecule has 0 aliphatic heterocycles. The van der Waals surface area contributed by atoms with Crippen molar-refractivity contribution < 1.29 is 9.18 Å². The summed E-state index contributed by atoms with van der Waals surface area (Å²) in [7, 11) is 0. The highest BCUT2D eigenvalue weighted by atomic mass is 35.5. The maximum Gasteiger partial charge on any atom is 0.220 e. The van der Waals surface area contributed by atoms with Gasteiger partial charge in [0.15, 0.2) is 0 Å². The molecule has 5 aromatic rings. The van der Waals surface area contributed by atoms with Crippen LogP contribution in [0, 0.1) is 17.1 Å². The van der Waals surface area contributed by atoms with Crippen molar-refractivity contribution in [2.45, 2.75) is 25.3 Å². The smallest absolute Gasteiger partial charge is 0.220 e. The Kier molecular flexibility index (Phi) is 8.00. The van der Waals surface area contributed by atoms with Crippen LogP contribution in [-0.4, -0.2) is 22.0 Å². The van der Waals surface area contributed by atoms with Crippen LogP contribution in [0.4, 0.5) is 4.39 Å². The molecular weight excluding hydrogens is 511 g/mol. The molecule has 0 saturated carbocycles. The number of nitrogens with zero attached hydrogens (tertiary/aromatic N) is 3. The van der Waals surface area contributed by atoms with Crippen molar-refractivity contribution in [1.29, 1.82) is 5.26 Å². The maximum absolute atomic E-state index is 13.5. The Bertz CT molecular complexity index is 1640. The van der Waals surface area contributed by atoms with E-state index in [1.807, 2.05) is 54.7 Å². The van der Waals surface area contributed by atoms with Crippen LogP contribution in [-0.2, 0) is 17.8 Å². The average Bonchev–Trinajstić information content (AvgIpc) is 3.32. The number of pyridine rings is 1. The third kappa shape index (κ3) is 6.00. The molecule has 1 atom stereocenters. The topological polar surface area (TPSA) is 70.7 Å². The lowest BCUT2D eigenvalue weighted by molar-refractivity contribution is -0.121. The van der Waals surface area contributed by atoms with Crippen LogP contribution in [0.5, 0.6) is 0 Å². The molecule has 39 heavy (non-hydrogen) atoms. The monoisotopic (exact) mass is 536 g/mol. The summed E-state index contributed by atoms with van der Waals surface area (Å²) in [6.45, 7) is 0.997. The van der Waals surface area contributed by atoms with Gasteiger partial charge in [-0.1, -0.05) is 60.1 Å². The minimum atomic E-state index is -0.389. The fraction of sp³-hybridized carbons (Fsp3) is 0.156. The van der Waals surface area contributed by atoms with Crippen molar-refractivity contribution in [1.82, 2.24) is 14.9 Å². The standard InChI is InChI=1S/C32H26ClFN4O/c33-32-23(19-35)6-5-9-27(32)28(18-31(39)37-17-15-25-7-3-4-16-36-25)29-21-38(30-10-2-1-8-26(29)30)20-22-11-13-24(34)14-12-22/h1-14,16,21,28H,15,17-18,20H2,(H,37,39). The molecule has 0 fully saturated rings. The van der Waals surface area contributed by atoms with Gasteiger partial charge in [-0.05, 0) is 53.1 Å². The summed E-state index contributed by atoms with van der Waals surface area (Å²) in [4.78, 5) is 17.6. The van der Waals surface area contributed by atoms with Gasteiger partial charge in [0.25, 0.3) is 0 Å². The second kappa shape index (κ2) is 11.9. The third-order valence-corrected chi connectivity index (χ3v) is 7.23. The zero-order valence-electron chi connectivity index (χ0n) is 21.1. The first-order valence-corrected chi connectivity index (χ1v) is 13.1. The fourth-order valence-electron chi connectivity index (χ4n) is 4.90. The van der Waals surface area contributed by atoms with Gasteiger partial charge in [0, 0.05) is 60.8 Å². The lowest BCUT2D eigenvalue weighted by Crippen LogP contribution is -2.27. The second-order valence-corrected chi connectivity index (χ2v) is 9.73. The highest BCUT2D eigenvalue weighted by Gasteiger charge is 2.25. The number of halogens is 2. The first kappa shape index (κ1) is 26.1. The van der Waals surface area contributed by atoms with Gasteiger partial charge < -0.3 is 9.88 Å². The van der Waals surface area contributed by atoms with Gasteiger partial charge in [-0.2, -0.15) is 5.26 Å². The Morgan fingerprint density at radius 3 is 2.56 bits per heavy atom. The molecule has 7 heteroatoms. The van der Waals surface area contributed by atoms with Crippen molar-refractivity contribution in [3.63, 3.8) is 0 Å². The van der Waals surface area contributed by atoms with Gasteiger partial charge >= 0.3 is 0 Å². The highest BCUT2D eigenvalue weighted by Crippen LogP contribution is 2.39. The molecule has 194 valence electrons.